The molecule has 0 bridgehead atoms. The lowest BCUT2D eigenvalue weighted by molar-refractivity contribution is 0.0934. The Morgan fingerprint density at radius 1 is 0.935 bits per heavy atom. The molecule has 3 nitrogen and oxygen atoms in total. The van der Waals surface area contributed by atoms with Crippen molar-refractivity contribution < 1.29 is 4.79 Å². The number of pyridine rings is 1. The first kappa shape index (κ1) is 19.5. The molecule has 1 aliphatic rings. The molecule has 0 saturated carbocycles. The van der Waals surface area contributed by atoms with E-state index in [9.17, 15) is 4.79 Å². The number of hydrogen-bond donors (Lipinski definition) is 1. The molecular weight excluding hydrogens is 380 g/mol. The zero-order chi connectivity index (χ0) is 21.4. The van der Waals surface area contributed by atoms with Crippen LogP contribution in [0.2, 0.25) is 0 Å². The lowest BCUT2D eigenvalue weighted by Crippen LogP contribution is -2.31. The van der Waals surface area contributed by atoms with E-state index >= 15 is 0 Å². The summed E-state index contributed by atoms with van der Waals surface area (Å²) in [6, 6.07) is 24.7. The molecule has 1 atom stereocenters. The average Bonchev–Trinajstić information content (AvgIpc) is 2.80. The van der Waals surface area contributed by atoms with Gasteiger partial charge in [0.25, 0.3) is 5.91 Å². The molecule has 0 unspecified atom stereocenters. The molecule has 4 aromatic rings. The highest BCUT2D eigenvalue weighted by Gasteiger charge is 2.23. The first-order valence-corrected chi connectivity index (χ1v) is 11.0. The molecule has 0 spiro atoms. The van der Waals surface area contributed by atoms with Crippen LogP contribution in [-0.4, -0.2) is 10.9 Å². The predicted molar refractivity (Wildman–Crippen MR) is 126 cm³/mol. The van der Waals surface area contributed by atoms with Crippen LogP contribution < -0.4 is 5.32 Å². The first-order chi connectivity index (χ1) is 15.1. The van der Waals surface area contributed by atoms with Crippen LogP contribution in [0.3, 0.4) is 0 Å². The van der Waals surface area contributed by atoms with Gasteiger partial charge in [0, 0.05) is 10.9 Å². The highest BCUT2D eigenvalue weighted by atomic mass is 16.1. The highest BCUT2D eigenvalue weighted by molar-refractivity contribution is 6.07. The molecule has 1 heterocycles. The molecule has 3 heteroatoms. The van der Waals surface area contributed by atoms with Gasteiger partial charge in [0.1, 0.15) is 0 Å². The van der Waals surface area contributed by atoms with Gasteiger partial charge in [0.05, 0.1) is 22.8 Å². The van der Waals surface area contributed by atoms with E-state index in [4.69, 9.17) is 4.98 Å². The maximum Gasteiger partial charge on any atom is 0.252 e. The average molecular weight is 407 g/mol. The number of aryl methyl sites for hydroxylation is 3. The number of aromatic nitrogens is 1. The maximum atomic E-state index is 13.5. The zero-order valence-corrected chi connectivity index (χ0v) is 18.0. The summed E-state index contributed by atoms with van der Waals surface area (Å²) in [4.78, 5) is 18.4. The fourth-order valence-corrected chi connectivity index (χ4v) is 4.55. The zero-order valence-electron chi connectivity index (χ0n) is 18.0. The van der Waals surface area contributed by atoms with Crippen molar-refractivity contribution >= 4 is 16.8 Å². The van der Waals surface area contributed by atoms with Crippen molar-refractivity contribution in [1.82, 2.24) is 10.3 Å². The topological polar surface area (TPSA) is 42.0 Å². The number of amides is 1. The van der Waals surface area contributed by atoms with Crippen LogP contribution in [0.4, 0.5) is 0 Å². The maximum absolute atomic E-state index is 13.5. The number of nitrogens with one attached hydrogen (secondary N) is 1. The van der Waals surface area contributed by atoms with Crippen molar-refractivity contribution in [2.45, 2.75) is 39.2 Å². The van der Waals surface area contributed by atoms with E-state index in [-0.39, 0.29) is 11.9 Å². The van der Waals surface area contributed by atoms with Crippen LogP contribution in [0.15, 0.2) is 72.8 Å². The van der Waals surface area contributed by atoms with Gasteiger partial charge in [-0.2, -0.15) is 0 Å². The molecular formula is C28H26N2O. The Hall–Kier alpha value is -3.46. The lowest BCUT2D eigenvalue weighted by atomic mass is 9.87. The molecule has 1 N–H and O–H groups in total. The second-order valence-electron chi connectivity index (χ2n) is 8.49. The van der Waals surface area contributed by atoms with Gasteiger partial charge in [-0.1, -0.05) is 54.6 Å². The van der Waals surface area contributed by atoms with Gasteiger partial charge in [0.2, 0.25) is 0 Å². The Morgan fingerprint density at radius 3 is 2.61 bits per heavy atom. The molecule has 0 aliphatic heterocycles. The molecule has 1 amide bonds. The van der Waals surface area contributed by atoms with Crippen LogP contribution in [0.5, 0.6) is 0 Å². The van der Waals surface area contributed by atoms with Gasteiger partial charge in [0.15, 0.2) is 0 Å². The van der Waals surface area contributed by atoms with Crippen LogP contribution in [0.1, 0.15) is 51.5 Å². The van der Waals surface area contributed by atoms with Gasteiger partial charge >= 0.3 is 0 Å². The summed E-state index contributed by atoms with van der Waals surface area (Å²) in [6.45, 7) is 4.21. The normalized spacial score (nSPS) is 15.5. The van der Waals surface area contributed by atoms with Crippen LogP contribution in [0, 0.1) is 13.8 Å². The Kier molecular flexibility index (Phi) is 5.03. The molecule has 1 aliphatic carbocycles. The van der Waals surface area contributed by atoms with Gasteiger partial charge in [-0.25, -0.2) is 4.98 Å². The number of carbonyl (C=O) groups is 1. The number of hydrogen-bond acceptors (Lipinski definition) is 2. The summed E-state index contributed by atoms with van der Waals surface area (Å²) >= 11 is 0. The minimum absolute atomic E-state index is 0.0367. The summed E-state index contributed by atoms with van der Waals surface area (Å²) in [5.74, 6) is -0.0367. The van der Waals surface area contributed by atoms with Crippen LogP contribution in [0.25, 0.3) is 22.2 Å². The Morgan fingerprint density at radius 2 is 1.74 bits per heavy atom. The van der Waals surface area contributed by atoms with Crippen molar-refractivity contribution in [3.05, 3.63) is 101 Å². The van der Waals surface area contributed by atoms with E-state index in [0.717, 1.165) is 41.4 Å². The highest BCUT2D eigenvalue weighted by Crippen LogP contribution is 2.31. The van der Waals surface area contributed by atoms with E-state index in [1.54, 1.807) is 0 Å². The number of rotatable bonds is 3. The quantitative estimate of drug-likeness (QED) is 0.432. The molecule has 0 fully saturated rings. The van der Waals surface area contributed by atoms with Gasteiger partial charge in [-0.3, -0.25) is 4.79 Å². The lowest BCUT2D eigenvalue weighted by Gasteiger charge is -2.26. The number of nitrogens with zero attached hydrogens (tertiary/aromatic N) is 1. The summed E-state index contributed by atoms with van der Waals surface area (Å²) < 4.78 is 0. The van der Waals surface area contributed by atoms with Crippen molar-refractivity contribution in [1.29, 1.82) is 0 Å². The molecule has 0 saturated heterocycles. The van der Waals surface area contributed by atoms with Crippen molar-refractivity contribution in [3.63, 3.8) is 0 Å². The molecule has 154 valence electrons. The molecule has 5 rings (SSSR count). The molecule has 1 aromatic heterocycles. The summed E-state index contributed by atoms with van der Waals surface area (Å²) in [6.07, 6.45) is 3.14. The Bertz CT molecular complexity index is 1290. The minimum atomic E-state index is -0.0367. The smallest absolute Gasteiger partial charge is 0.252 e. The largest absolute Gasteiger partial charge is 0.345 e. The molecule has 3 aromatic carbocycles. The van der Waals surface area contributed by atoms with Crippen molar-refractivity contribution in [3.8, 4) is 11.3 Å². The first-order valence-electron chi connectivity index (χ1n) is 11.0. The minimum Gasteiger partial charge on any atom is -0.345 e. The summed E-state index contributed by atoms with van der Waals surface area (Å²) in [5.41, 5.74) is 8.44. The third kappa shape index (κ3) is 3.72. The number of para-hydroxylation sites is 1. The van der Waals surface area contributed by atoms with Crippen LogP contribution >= 0.6 is 0 Å². The second-order valence-corrected chi connectivity index (χ2v) is 8.49. The summed E-state index contributed by atoms with van der Waals surface area (Å²) in [7, 11) is 0. The standard InChI is InChI=1S/C28H26N2O/c1-18-14-15-21(16-19(18)2)27-17-24(23-11-5-6-12-26(23)29-27)28(31)30-25-13-7-9-20-8-3-4-10-22(20)25/h3-6,8,10-12,14-17,25H,7,9,13H2,1-2H3,(H,30,31)/t25-/m0/s1. The van der Waals surface area contributed by atoms with E-state index in [1.165, 1.54) is 22.3 Å². The van der Waals surface area contributed by atoms with E-state index in [0.29, 0.717) is 5.56 Å². The number of fused-ring (bicyclic) bond motifs is 2. The van der Waals surface area contributed by atoms with Crippen LogP contribution in [-0.2, 0) is 6.42 Å². The van der Waals surface area contributed by atoms with E-state index in [1.807, 2.05) is 30.3 Å². The van der Waals surface area contributed by atoms with E-state index in [2.05, 4.69) is 61.6 Å². The SMILES string of the molecule is Cc1ccc(-c2cc(C(=O)N[C@H]3CCCc4ccccc43)c3ccccc3n2)cc1C. The number of carbonyl (C=O) groups excluding carboxylic acids is 1. The van der Waals surface area contributed by atoms with Crippen molar-refractivity contribution in [2.75, 3.05) is 0 Å². The monoisotopic (exact) mass is 406 g/mol. The van der Waals surface area contributed by atoms with Gasteiger partial charge < -0.3 is 5.32 Å². The Labute approximate surface area is 183 Å². The number of benzene rings is 3. The predicted octanol–water partition coefficient (Wildman–Crippen LogP) is 6.33. The van der Waals surface area contributed by atoms with Gasteiger partial charge in [-0.05, 0) is 73.6 Å². The Balaban J connectivity index is 1.56. The fourth-order valence-electron chi connectivity index (χ4n) is 4.55. The molecule has 31 heavy (non-hydrogen) atoms. The third-order valence-corrected chi connectivity index (χ3v) is 6.44. The van der Waals surface area contributed by atoms with E-state index < -0.39 is 0 Å². The van der Waals surface area contributed by atoms with Gasteiger partial charge in [-0.15, -0.1) is 0 Å². The summed E-state index contributed by atoms with van der Waals surface area (Å²) in [5, 5.41) is 4.20. The fraction of sp³-hybridized carbons (Fsp3) is 0.214. The van der Waals surface area contributed by atoms with Crippen molar-refractivity contribution in [2.24, 2.45) is 0 Å². The third-order valence-electron chi connectivity index (χ3n) is 6.44. The second kappa shape index (κ2) is 7.99. The molecule has 0 radical (unpaired) electrons.